The number of ketones is 1. The normalized spacial score (nSPS) is 16.9. The zero-order valence-electron chi connectivity index (χ0n) is 27.5. The molecular formula is C35H47N5O7. The standard InChI is InChI=1S/C35H47N5O7/c1-22(2)18-29(36-4)35(47)40-17-11-16-30(40)34(46)39-28(20-25-14-9-6-10-15-25)33(45)38-27(19-24-12-7-5-8-13-24)32(44)37-26(23(3)41)21-31(42)43/h5-10,12-15,22,26-30,36H,11,16-21H2,1-4H3,(H,37,44)(H,38,45)(H,39,46)(H,42,43)/t26-,27-,28-,29-,30-/m0/s1. The highest BCUT2D eigenvalue weighted by Gasteiger charge is 2.38. The highest BCUT2D eigenvalue weighted by atomic mass is 16.4. The molecule has 12 heteroatoms. The first kappa shape index (κ1) is 36.9. The molecule has 0 bridgehead atoms. The van der Waals surface area contributed by atoms with Gasteiger partial charge in [0, 0.05) is 19.4 Å². The van der Waals surface area contributed by atoms with Crippen molar-refractivity contribution in [3.05, 3.63) is 71.8 Å². The van der Waals surface area contributed by atoms with Gasteiger partial charge in [0.05, 0.1) is 18.5 Å². The molecule has 1 fully saturated rings. The van der Waals surface area contributed by atoms with E-state index in [1.165, 1.54) is 6.92 Å². The van der Waals surface area contributed by atoms with E-state index in [-0.39, 0.29) is 24.7 Å². The van der Waals surface area contributed by atoms with Crippen LogP contribution in [0.5, 0.6) is 0 Å². The Kier molecular flexibility index (Phi) is 14.1. The van der Waals surface area contributed by atoms with E-state index in [1.807, 2.05) is 44.2 Å². The fraction of sp³-hybridized carbons (Fsp3) is 0.486. The minimum atomic E-state index is -1.28. The van der Waals surface area contributed by atoms with E-state index in [4.69, 9.17) is 0 Å². The molecule has 0 unspecified atom stereocenters. The average Bonchev–Trinajstić information content (AvgIpc) is 3.53. The van der Waals surface area contributed by atoms with Crippen molar-refractivity contribution in [2.24, 2.45) is 5.92 Å². The second-order valence-electron chi connectivity index (χ2n) is 12.4. The Morgan fingerprint density at radius 3 is 1.77 bits per heavy atom. The lowest BCUT2D eigenvalue weighted by Gasteiger charge is -2.30. The molecule has 3 rings (SSSR count). The van der Waals surface area contributed by atoms with Crippen molar-refractivity contribution in [1.82, 2.24) is 26.2 Å². The number of nitrogens with one attached hydrogen (secondary N) is 4. The molecule has 254 valence electrons. The summed E-state index contributed by atoms with van der Waals surface area (Å²) < 4.78 is 0. The summed E-state index contributed by atoms with van der Waals surface area (Å²) in [7, 11) is 1.72. The quantitative estimate of drug-likeness (QED) is 0.172. The van der Waals surface area contributed by atoms with Gasteiger partial charge in [0.1, 0.15) is 18.1 Å². The molecule has 5 N–H and O–H groups in total. The van der Waals surface area contributed by atoms with E-state index in [1.54, 1.807) is 42.3 Å². The van der Waals surface area contributed by atoms with Gasteiger partial charge in [0.25, 0.3) is 0 Å². The van der Waals surface area contributed by atoms with Crippen LogP contribution in [0, 0.1) is 5.92 Å². The van der Waals surface area contributed by atoms with Crippen LogP contribution in [-0.2, 0) is 41.6 Å². The molecule has 5 atom stereocenters. The van der Waals surface area contributed by atoms with Crippen LogP contribution in [0.25, 0.3) is 0 Å². The van der Waals surface area contributed by atoms with Gasteiger partial charge in [-0.25, -0.2) is 0 Å². The second kappa shape index (κ2) is 17.9. The van der Waals surface area contributed by atoms with Crippen LogP contribution in [0.3, 0.4) is 0 Å². The van der Waals surface area contributed by atoms with Crippen molar-refractivity contribution in [3.8, 4) is 0 Å². The number of amides is 4. The molecule has 4 amide bonds. The number of aliphatic carboxylic acids is 1. The Hall–Kier alpha value is -4.58. The van der Waals surface area contributed by atoms with E-state index in [9.17, 15) is 33.9 Å². The van der Waals surface area contributed by atoms with Crippen LogP contribution < -0.4 is 21.3 Å². The number of carbonyl (C=O) groups excluding carboxylic acids is 5. The van der Waals surface area contributed by atoms with Gasteiger partial charge in [0.2, 0.25) is 23.6 Å². The topological polar surface area (TPSA) is 174 Å². The predicted molar refractivity (Wildman–Crippen MR) is 176 cm³/mol. The molecule has 1 saturated heterocycles. The van der Waals surface area contributed by atoms with Crippen molar-refractivity contribution in [3.63, 3.8) is 0 Å². The molecule has 2 aromatic carbocycles. The fourth-order valence-electron chi connectivity index (χ4n) is 5.72. The Bertz CT molecular complexity index is 1390. The molecule has 0 aromatic heterocycles. The molecule has 0 aliphatic carbocycles. The van der Waals surface area contributed by atoms with Gasteiger partial charge in [-0.05, 0) is 50.3 Å². The van der Waals surface area contributed by atoms with Gasteiger partial charge in [-0.2, -0.15) is 0 Å². The zero-order valence-corrected chi connectivity index (χ0v) is 27.5. The van der Waals surface area contributed by atoms with Gasteiger partial charge < -0.3 is 31.3 Å². The van der Waals surface area contributed by atoms with E-state index >= 15 is 0 Å². The van der Waals surface area contributed by atoms with E-state index in [2.05, 4.69) is 21.3 Å². The maximum absolute atomic E-state index is 13.9. The van der Waals surface area contributed by atoms with Crippen molar-refractivity contribution in [2.45, 2.75) is 89.5 Å². The molecule has 0 radical (unpaired) electrons. The summed E-state index contributed by atoms with van der Waals surface area (Å²) in [5.41, 5.74) is 1.48. The first-order valence-corrected chi connectivity index (χ1v) is 16.1. The molecule has 0 spiro atoms. The third-order valence-corrected chi connectivity index (χ3v) is 8.21. The van der Waals surface area contributed by atoms with Crippen LogP contribution in [0.1, 0.15) is 57.6 Å². The summed E-state index contributed by atoms with van der Waals surface area (Å²) in [6, 6.07) is 13.2. The number of likely N-dealkylation sites (N-methyl/N-ethyl adjacent to an activating group) is 1. The average molecular weight is 650 g/mol. The number of hydrogen-bond acceptors (Lipinski definition) is 7. The van der Waals surface area contributed by atoms with Gasteiger partial charge in [0.15, 0.2) is 5.78 Å². The number of carboxylic acids is 1. The fourth-order valence-corrected chi connectivity index (χ4v) is 5.72. The molecule has 1 aliphatic rings. The summed E-state index contributed by atoms with van der Waals surface area (Å²) in [4.78, 5) is 79.6. The number of carboxylic acid groups (broad SMARTS) is 1. The van der Waals surface area contributed by atoms with Crippen molar-refractivity contribution in [1.29, 1.82) is 0 Å². The van der Waals surface area contributed by atoms with Crippen LogP contribution >= 0.6 is 0 Å². The third-order valence-electron chi connectivity index (χ3n) is 8.21. The van der Waals surface area contributed by atoms with E-state index in [0.717, 1.165) is 11.1 Å². The van der Waals surface area contributed by atoms with E-state index in [0.29, 0.717) is 25.8 Å². The molecule has 0 saturated carbocycles. The lowest BCUT2D eigenvalue weighted by molar-refractivity contribution is -0.141. The minimum absolute atomic E-state index is 0.0499. The number of nitrogens with zero attached hydrogens (tertiary/aromatic N) is 1. The first-order valence-electron chi connectivity index (χ1n) is 16.1. The third kappa shape index (κ3) is 11.3. The summed E-state index contributed by atoms with van der Waals surface area (Å²) >= 11 is 0. The summed E-state index contributed by atoms with van der Waals surface area (Å²) in [5, 5.41) is 20.4. The largest absolute Gasteiger partial charge is 0.481 e. The molecule has 1 heterocycles. The first-order chi connectivity index (χ1) is 22.4. The minimum Gasteiger partial charge on any atom is -0.481 e. The van der Waals surface area contributed by atoms with Crippen molar-refractivity contribution >= 4 is 35.4 Å². The number of Topliss-reactive ketones (excluding diaryl/α,β-unsaturated/α-hetero) is 1. The Labute approximate surface area is 276 Å². The summed E-state index contributed by atoms with van der Waals surface area (Å²) in [5.74, 6) is -3.53. The van der Waals surface area contributed by atoms with Gasteiger partial charge in [-0.1, -0.05) is 74.5 Å². The number of rotatable bonds is 17. The number of hydrogen-bond donors (Lipinski definition) is 5. The molecule has 47 heavy (non-hydrogen) atoms. The molecule has 1 aliphatic heterocycles. The van der Waals surface area contributed by atoms with Gasteiger partial charge in [-0.15, -0.1) is 0 Å². The maximum atomic E-state index is 13.9. The Balaban J connectivity index is 1.86. The molecule has 12 nitrogen and oxygen atoms in total. The summed E-state index contributed by atoms with van der Waals surface area (Å²) in [6.45, 7) is 5.66. The van der Waals surface area contributed by atoms with Gasteiger partial charge in [-0.3, -0.25) is 28.8 Å². The number of carbonyl (C=O) groups is 6. The van der Waals surface area contributed by atoms with Gasteiger partial charge >= 0.3 is 5.97 Å². The van der Waals surface area contributed by atoms with Crippen molar-refractivity contribution < 1.29 is 33.9 Å². The van der Waals surface area contributed by atoms with Crippen LogP contribution in [-0.4, -0.2) is 89.2 Å². The lowest BCUT2D eigenvalue weighted by Crippen LogP contribution is -2.59. The second-order valence-corrected chi connectivity index (χ2v) is 12.4. The van der Waals surface area contributed by atoms with E-state index < -0.39 is 66.1 Å². The molecular weight excluding hydrogens is 602 g/mol. The zero-order chi connectivity index (χ0) is 34.5. The highest BCUT2D eigenvalue weighted by Crippen LogP contribution is 2.21. The SMILES string of the molecule is CN[C@@H](CC(C)C)C(=O)N1CCC[C@H]1C(=O)N[C@@H](Cc1ccccc1)C(=O)N[C@@H](Cc1ccccc1)C(=O)N[C@@H](CC(=O)O)C(C)=O. The number of likely N-dealkylation sites (tertiary alicyclic amines) is 1. The Morgan fingerprint density at radius 1 is 0.787 bits per heavy atom. The van der Waals surface area contributed by atoms with Crippen molar-refractivity contribution in [2.75, 3.05) is 13.6 Å². The maximum Gasteiger partial charge on any atom is 0.305 e. The monoisotopic (exact) mass is 649 g/mol. The predicted octanol–water partition coefficient (Wildman–Crippen LogP) is 1.62. The summed E-state index contributed by atoms with van der Waals surface area (Å²) in [6.07, 6.45) is 1.26. The van der Waals surface area contributed by atoms with Crippen LogP contribution in [0.2, 0.25) is 0 Å². The number of benzene rings is 2. The van der Waals surface area contributed by atoms with Crippen LogP contribution in [0.15, 0.2) is 60.7 Å². The highest BCUT2D eigenvalue weighted by molar-refractivity contribution is 5.97. The van der Waals surface area contributed by atoms with Crippen LogP contribution in [0.4, 0.5) is 0 Å². The smallest absolute Gasteiger partial charge is 0.305 e. The molecule has 2 aromatic rings. The Morgan fingerprint density at radius 2 is 1.30 bits per heavy atom. The lowest BCUT2D eigenvalue weighted by atomic mass is 10.0.